The van der Waals surface area contributed by atoms with Crippen molar-refractivity contribution in [3.8, 4) is 0 Å². The highest BCUT2D eigenvalue weighted by atomic mass is 19.1. The maximum atomic E-state index is 13.9. The van der Waals surface area contributed by atoms with Gasteiger partial charge in [-0.25, -0.2) is 13.2 Å². The molecule has 10 heteroatoms. The SMILES string of the molecule is NC(=O)CCN(C(=O)CN1CCN(C(=O)c2c(F)cccc2F)CC1)c1ccc(F)cc1. The molecule has 0 radical (unpaired) electrons. The van der Waals surface area contributed by atoms with E-state index in [0.717, 1.165) is 12.1 Å². The molecule has 0 atom stereocenters. The molecule has 2 N–H and O–H groups in total. The van der Waals surface area contributed by atoms with E-state index >= 15 is 0 Å². The highest BCUT2D eigenvalue weighted by Crippen LogP contribution is 2.18. The van der Waals surface area contributed by atoms with Crippen molar-refractivity contribution in [1.29, 1.82) is 0 Å². The number of nitrogens with zero attached hydrogens (tertiary/aromatic N) is 3. The minimum Gasteiger partial charge on any atom is -0.370 e. The lowest BCUT2D eigenvalue weighted by molar-refractivity contribution is -0.120. The number of hydrogen-bond donors (Lipinski definition) is 1. The van der Waals surface area contributed by atoms with Crippen LogP contribution in [0.4, 0.5) is 18.9 Å². The van der Waals surface area contributed by atoms with Crippen molar-refractivity contribution in [3.05, 3.63) is 65.5 Å². The van der Waals surface area contributed by atoms with Crippen LogP contribution in [0.5, 0.6) is 0 Å². The molecule has 0 bridgehead atoms. The monoisotopic (exact) mass is 448 g/mol. The average Bonchev–Trinajstić information content (AvgIpc) is 2.75. The van der Waals surface area contributed by atoms with Gasteiger partial charge in [0.2, 0.25) is 11.8 Å². The minimum atomic E-state index is -0.919. The Labute approximate surface area is 183 Å². The van der Waals surface area contributed by atoms with Crippen LogP contribution in [0.2, 0.25) is 0 Å². The number of rotatable bonds is 7. The Kier molecular flexibility index (Phi) is 7.47. The van der Waals surface area contributed by atoms with Gasteiger partial charge in [-0.05, 0) is 36.4 Å². The molecule has 1 aliphatic heterocycles. The quantitative estimate of drug-likeness (QED) is 0.700. The second kappa shape index (κ2) is 10.3. The summed E-state index contributed by atoms with van der Waals surface area (Å²) < 4.78 is 41.1. The molecule has 1 saturated heterocycles. The number of carbonyl (C=O) groups is 3. The summed E-state index contributed by atoms with van der Waals surface area (Å²) in [6.45, 7) is 1.06. The van der Waals surface area contributed by atoms with Crippen LogP contribution in [0.3, 0.4) is 0 Å². The first-order chi connectivity index (χ1) is 15.3. The Hall–Kier alpha value is -3.40. The van der Waals surface area contributed by atoms with Gasteiger partial charge in [0.25, 0.3) is 5.91 Å². The zero-order chi connectivity index (χ0) is 23.3. The van der Waals surface area contributed by atoms with Crippen molar-refractivity contribution in [1.82, 2.24) is 9.80 Å². The summed E-state index contributed by atoms with van der Waals surface area (Å²) in [5, 5.41) is 0. The Balaban J connectivity index is 1.62. The summed E-state index contributed by atoms with van der Waals surface area (Å²) in [7, 11) is 0. The molecule has 3 amide bonds. The Morgan fingerprint density at radius 3 is 2.06 bits per heavy atom. The highest BCUT2D eigenvalue weighted by Gasteiger charge is 2.28. The molecule has 2 aromatic rings. The summed E-state index contributed by atoms with van der Waals surface area (Å²) in [5.74, 6) is -3.92. The van der Waals surface area contributed by atoms with Gasteiger partial charge < -0.3 is 15.5 Å². The lowest BCUT2D eigenvalue weighted by Gasteiger charge is -2.35. The molecule has 7 nitrogen and oxygen atoms in total. The van der Waals surface area contributed by atoms with Crippen molar-refractivity contribution < 1.29 is 27.6 Å². The zero-order valence-electron chi connectivity index (χ0n) is 17.3. The molecular formula is C22H23F3N4O3. The fourth-order valence-electron chi connectivity index (χ4n) is 3.49. The van der Waals surface area contributed by atoms with Crippen LogP contribution in [0.15, 0.2) is 42.5 Å². The maximum Gasteiger partial charge on any atom is 0.259 e. The van der Waals surface area contributed by atoms with Gasteiger partial charge in [-0.3, -0.25) is 19.3 Å². The van der Waals surface area contributed by atoms with E-state index in [1.54, 1.807) is 4.90 Å². The molecule has 0 unspecified atom stereocenters. The average molecular weight is 448 g/mol. The number of piperazine rings is 1. The molecule has 1 fully saturated rings. The molecule has 0 saturated carbocycles. The van der Waals surface area contributed by atoms with E-state index in [-0.39, 0.29) is 38.5 Å². The van der Waals surface area contributed by atoms with Crippen molar-refractivity contribution >= 4 is 23.4 Å². The highest BCUT2D eigenvalue weighted by molar-refractivity contribution is 5.96. The molecule has 0 aliphatic carbocycles. The molecule has 170 valence electrons. The lowest BCUT2D eigenvalue weighted by Crippen LogP contribution is -2.52. The maximum absolute atomic E-state index is 13.9. The normalized spacial score (nSPS) is 14.3. The molecule has 0 aromatic heterocycles. The van der Waals surface area contributed by atoms with Crippen LogP contribution < -0.4 is 10.6 Å². The van der Waals surface area contributed by atoms with Crippen molar-refractivity contribution in [2.75, 3.05) is 44.2 Å². The molecule has 1 aliphatic rings. The number of nitrogens with two attached hydrogens (primary N) is 1. The Morgan fingerprint density at radius 2 is 1.50 bits per heavy atom. The molecule has 2 aromatic carbocycles. The van der Waals surface area contributed by atoms with E-state index in [1.165, 1.54) is 40.1 Å². The van der Waals surface area contributed by atoms with Crippen LogP contribution in [0, 0.1) is 17.5 Å². The molecule has 1 heterocycles. The first kappa shape index (κ1) is 23.3. The third-order valence-corrected chi connectivity index (χ3v) is 5.22. The number of anilines is 1. The van der Waals surface area contributed by atoms with E-state index in [1.807, 2.05) is 0 Å². The van der Waals surface area contributed by atoms with Gasteiger partial charge in [0.1, 0.15) is 23.0 Å². The fraction of sp³-hybridized carbons (Fsp3) is 0.318. The first-order valence-electron chi connectivity index (χ1n) is 10.1. The fourth-order valence-corrected chi connectivity index (χ4v) is 3.49. The van der Waals surface area contributed by atoms with Gasteiger partial charge in [0.15, 0.2) is 0 Å². The minimum absolute atomic E-state index is 0.00771. The second-order valence-corrected chi connectivity index (χ2v) is 7.40. The van der Waals surface area contributed by atoms with Gasteiger partial charge in [0, 0.05) is 44.8 Å². The first-order valence-corrected chi connectivity index (χ1v) is 10.1. The Morgan fingerprint density at radius 1 is 0.906 bits per heavy atom. The third kappa shape index (κ3) is 5.64. The molecule has 3 rings (SSSR count). The van der Waals surface area contributed by atoms with Gasteiger partial charge in [-0.1, -0.05) is 6.07 Å². The number of halogens is 3. The van der Waals surface area contributed by atoms with E-state index in [9.17, 15) is 27.6 Å². The summed E-state index contributed by atoms with van der Waals surface area (Å²) in [6, 6.07) is 8.55. The number of hydrogen-bond acceptors (Lipinski definition) is 4. The third-order valence-electron chi connectivity index (χ3n) is 5.22. The van der Waals surface area contributed by atoms with Gasteiger partial charge in [0.05, 0.1) is 6.54 Å². The molecule has 0 spiro atoms. The topological polar surface area (TPSA) is 86.9 Å². The zero-order valence-corrected chi connectivity index (χ0v) is 17.3. The Bertz CT molecular complexity index is 972. The smallest absolute Gasteiger partial charge is 0.259 e. The van der Waals surface area contributed by atoms with Gasteiger partial charge in [-0.15, -0.1) is 0 Å². The van der Waals surface area contributed by atoms with E-state index in [4.69, 9.17) is 5.73 Å². The largest absolute Gasteiger partial charge is 0.370 e. The second-order valence-electron chi connectivity index (χ2n) is 7.40. The summed E-state index contributed by atoms with van der Waals surface area (Å²) in [4.78, 5) is 41.1. The van der Waals surface area contributed by atoms with Crippen molar-refractivity contribution in [2.45, 2.75) is 6.42 Å². The van der Waals surface area contributed by atoms with E-state index < -0.39 is 34.8 Å². The number of amides is 3. The molecular weight excluding hydrogens is 425 g/mol. The van der Waals surface area contributed by atoms with Crippen LogP contribution in [-0.4, -0.2) is 66.8 Å². The van der Waals surface area contributed by atoms with Crippen LogP contribution in [-0.2, 0) is 9.59 Å². The van der Waals surface area contributed by atoms with Crippen LogP contribution in [0.1, 0.15) is 16.8 Å². The predicted octanol–water partition coefficient (Wildman–Crippen LogP) is 1.77. The van der Waals surface area contributed by atoms with Crippen molar-refractivity contribution in [2.24, 2.45) is 5.73 Å². The van der Waals surface area contributed by atoms with Crippen molar-refractivity contribution in [3.63, 3.8) is 0 Å². The van der Waals surface area contributed by atoms with E-state index in [2.05, 4.69) is 0 Å². The number of carbonyl (C=O) groups excluding carboxylic acids is 3. The van der Waals surface area contributed by atoms with Gasteiger partial charge in [-0.2, -0.15) is 0 Å². The number of primary amides is 1. The molecule has 32 heavy (non-hydrogen) atoms. The van der Waals surface area contributed by atoms with E-state index in [0.29, 0.717) is 18.8 Å². The summed E-state index contributed by atoms with van der Waals surface area (Å²) in [6.07, 6.45) is -0.0560. The number of benzene rings is 2. The summed E-state index contributed by atoms with van der Waals surface area (Å²) >= 11 is 0. The lowest BCUT2D eigenvalue weighted by atomic mass is 10.1. The summed E-state index contributed by atoms with van der Waals surface area (Å²) in [5.41, 5.74) is 5.04. The predicted molar refractivity (Wildman–Crippen MR) is 111 cm³/mol. The standard InChI is InChI=1S/C22H23F3N4O3/c23-15-4-6-16(7-5-15)29(9-8-19(26)30)20(31)14-27-10-12-28(13-11-27)22(32)21-17(24)2-1-3-18(21)25/h1-7H,8-14H2,(H2,26,30). The van der Waals surface area contributed by atoms with Crippen LogP contribution >= 0.6 is 0 Å². The van der Waals surface area contributed by atoms with Crippen LogP contribution in [0.25, 0.3) is 0 Å². The van der Waals surface area contributed by atoms with Gasteiger partial charge >= 0.3 is 0 Å².